The summed E-state index contributed by atoms with van der Waals surface area (Å²) >= 11 is 0. The van der Waals surface area contributed by atoms with Gasteiger partial charge in [-0.1, -0.05) is 140 Å². The Balaban J connectivity index is 1.27. The molecule has 0 aliphatic rings. The molecule has 0 bridgehead atoms. The number of hydrogen-bond donors (Lipinski definition) is 3. The summed E-state index contributed by atoms with van der Waals surface area (Å²) in [7, 11) is 0. The summed E-state index contributed by atoms with van der Waals surface area (Å²) in [6.45, 7) is 2.20. The molecule has 3 unspecified atom stereocenters. The molecule has 3 atom stereocenters. The molecule has 0 fully saturated rings. The lowest BCUT2D eigenvalue weighted by atomic mass is 10.1. The Labute approximate surface area is 297 Å². The van der Waals surface area contributed by atoms with Gasteiger partial charge in [0.05, 0.1) is 34.4 Å². The van der Waals surface area contributed by atoms with Gasteiger partial charge in [-0.2, -0.15) is 0 Å². The van der Waals surface area contributed by atoms with Gasteiger partial charge in [-0.05, 0) is 60.0 Å². The van der Waals surface area contributed by atoms with Crippen molar-refractivity contribution in [3.63, 3.8) is 0 Å². The molecular weight excluding hydrogens is 623 g/mol. The van der Waals surface area contributed by atoms with E-state index in [2.05, 4.69) is 184 Å². The second-order valence-corrected chi connectivity index (χ2v) is 13.3. The normalized spacial score (nSPS) is 13.6. The highest BCUT2D eigenvalue weighted by Crippen LogP contribution is 2.41. The van der Waals surface area contributed by atoms with Gasteiger partial charge in [0.25, 0.3) is 0 Å². The van der Waals surface area contributed by atoms with Crippen LogP contribution in [-0.2, 0) is 0 Å². The van der Waals surface area contributed by atoms with Crippen molar-refractivity contribution >= 4 is 43.6 Å². The third-order valence-electron chi connectivity index (χ3n) is 10.2. The van der Waals surface area contributed by atoms with E-state index < -0.39 is 0 Å². The molecule has 0 spiro atoms. The first-order valence-electron chi connectivity index (χ1n) is 17.6. The monoisotopic (exact) mass is 661 g/mol. The Morgan fingerprint density at radius 1 is 0.431 bits per heavy atom. The second kappa shape index (κ2) is 13.0. The summed E-state index contributed by atoms with van der Waals surface area (Å²) < 4.78 is 4.88. The predicted molar refractivity (Wildman–Crippen MR) is 212 cm³/mol. The molecule has 5 nitrogen and oxygen atoms in total. The van der Waals surface area contributed by atoms with E-state index in [0.29, 0.717) is 0 Å². The number of nitrogens with two attached hydrogens (primary N) is 1. The maximum atomic E-state index is 6.84. The zero-order valence-corrected chi connectivity index (χ0v) is 28.4. The Morgan fingerprint density at radius 2 is 0.902 bits per heavy atom. The van der Waals surface area contributed by atoms with E-state index in [1.165, 1.54) is 43.7 Å². The van der Waals surface area contributed by atoms with Crippen LogP contribution < -0.4 is 16.4 Å². The molecule has 5 heteroatoms. The van der Waals surface area contributed by atoms with Crippen LogP contribution in [0.25, 0.3) is 55.0 Å². The summed E-state index contributed by atoms with van der Waals surface area (Å²) in [6.07, 6.45) is -0.607. The fourth-order valence-electron chi connectivity index (χ4n) is 7.72. The number of aromatic nitrogens is 2. The Hall–Kier alpha value is -5.98. The van der Waals surface area contributed by atoms with Gasteiger partial charge in [0.1, 0.15) is 0 Å². The molecule has 0 saturated carbocycles. The molecule has 248 valence electrons. The van der Waals surface area contributed by atoms with Crippen LogP contribution in [0.3, 0.4) is 0 Å². The van der Waals surface area contributed by atoms with Crippen LogP contribution in [0.4, 0.5) is 0 Å². The highest BCUT2D eigenvalue weighted by Gasteiger charge is 2.23. The molecule has 9 aromatic rings. The lowest BCUT2D eigenvalue weighted by Crippen LogP contribution is -2.41. The molecular formula is C46H39N5. The highest BCUT2D eigenvalue weighted by atomic mass is 15.2. The Kier molecular flexibility index (Phi) is 7.94. The van der Waals surface area contributed by atoms with Crippen molar-refractivity contribution < 1.29 is 0 Å². The summed E-state index contributed by atoms with van der Waals surface area (Å²) in [4.78, 5) is 0. The lowest BCUT2D eigenvalue weighted by Gasteiger charge is -2.29. The van der Waals surface area contributed by atoms with Crippen LogP contribution in [0.2, 0.25) is 0 Å². The van der Waals surface area contributed by atoms with E-state index in [4.69, 9.17) is 5.73 Å². The van der Waals surface area contributed by atoms with Crippen LogP contribution in [0, 0.1) is 0 Å². The third-order valence-corrected chi connectivity index (χ3v) is 10.2. The van der Waals surface area contributed by atoms with Gasteiger partial charge >= 0.3 is 0 Å². The molecule has 4 N–H and O–H groups in total. The smallest absolute Gasteiger partial charge is 0.0855 e. The fraction of sp³-hybridized carbons (Fsp3) is 0.0870. The van der Waals surface area contributed by atoms with Crippen molar-refractivity contribution in [3.8, 4) is 11.4 Å². The molecule has 0 saturated heterocycles. The molecule has 9 rings (SSSR count). The minimum atomic E-state index is -0.371. The number of fused-ring (bicyclic) bond motifs is 7. The van der Waals surface area contributed by atoms with E-state index in [0.717, 1.165) is 28.0 Å². The zero-order valence-electron chi connectivity index (χ0n) is 28.4. The van der Waals surface area contributed by atoms with Crippen molar-refractivity contribution in [1.29, 1.82) is 0 Å². The largest absolute Gasteiger partial charge is 0.312 e. The van der Waals surface area contributed by atoms with Crippen LogP contribution in [0.15, 0.2) is 176 Å². The molecule has 0 aliphatic heterocycles. The van der Waals surface area contributed by atoms with Crippen LogP contribution in [0.1, 0.15) is 42.0 Å². The van der Waals surface area contributed by atoms with Gasteiger partial charge < -0.3 is 14.9 Å². The first kappa shape index (κ1) is 31.0. The maximum Gasteiger partial charge on any atom is 0.0855 e. The number of hydrogen-bond acceptors (Lipinski definition) is 3. The Bertz CT molecular complexity index is 2580. The van der Waals surface area contributed by atoms with Crippen molar-refractivity contribution in [2.24, 2.45) is 5.73 Å². The van der Waals surface area contributed by atoms with Crippen LogP contribution >= 0.6 is 0 Å². The average Bonchev–Trinajstić information content (AvgIpc) is 3.72. The Morgan fingerprint density at radius 3 is 1.51 bits per heavy atom. The summed E-state index contributed by atoms with van der Waals surface area (Å²) in [5.74, 6) is 0. The van der Waals surface area contributed by atoms with E-state index in [-0.39, 0.29) is 18.4 Å². The van der Waals surface area contributed by atoms with Gasteiger partial charge in [0, 0.05) is 39.0 Å². The van der Waals surface area contributed by atoms with Crippen molar-refractivity contribution in [2.45, 2.75) is 25.3 Å². The van der Waals surface area contributed by atoms with Gasteiger partial charge in [0.15, 0.2) is 0 Å². The number of benzene rings is 7. The third kappa shape index (κ3) is 5.49. The van der Waals surface area contributed by atoms with Crippen LogP contribution in [0.5, 0.6) is 0 Å². The fourth-order valence-corrected chi connectivity index (χ4v) is 7.72. The van der Waals surface area contributed by atoms with Gasteiger partial charge in [-0.25, -0.2) is 0 Å². The molecule has 51 heavy (non-hydrogen) atoms. The molecule has 7 aromatic carbocycles. The molecule has 0 radical (unpaired) electrons. The van der Waals surface area contributed by atoms with E-state index >= 15 is 0 Å². The molecule has 2 heterocycles. The maximum absolute atomic E-state index is 6.84. The minimum absolute atomic E-state index is 0.0739. The predicted octanol–water partition coefficient (Wildman–Crippen LogP) is 10.5. The van der Waals surface area contributed by atoms with E-state index in [9.17, 15) is 0 Å². The number of para-hydroxylation sites is 3. The topological polar surface area (TPSA) is 59.9 Å². The van der Waals surface area contributed by atoms with Crippen LogP contribution in [-0.4, -0.2) is 9.13 Å². The first-order valence-corrected chi connectivity index (χ1v) is 17.6. The molecule has 0 amide bonds. The first-order chi connectivity index (χ1) is 25.2. The quantitative estimate of drug-likeness (QED) is 0.135. The number of rotatable bonds is 9. The van der Waals surface area contributed by atoms with E-state index in [1.54, 1.807) is 0 Å². The number of nitrogens with one attached hydrogen (secondary N) is 2. The standard InChI is InChI=1S/C46H39N5/c1-31(32-16-5-2-6-17-32)48-46(49-45(47)33-18-7-3-8-19-33)34-20-15-23-36(30-34)51-42-27-14-12-25-38(42)40-29-28-39-37-24-11-13-26-41(37)50(43(39)44(40)51)35-21-9-4-10-22-35/h2-31,45-46,48-49H,47H2,1H3. The van der Waals surface area contributed by atoms with Gasteiger partial charge in [-0.15, -0.1) is 0 Å². The molecule has 0 aliphatic carbocycles. The van der Waals surface area contributed by atoms with Gasteiger partial charge in [0.2, 0.25) is 0 Å². The lowest BCUT2D eigenvalue weighted by molar-refractivity contribution is 0.356. The summed E-state index contributed by atoms with van der Waals surface area (Å²) in [5, 5.41) is 12.5. The minimum Gasteiger partial charge on any atom is -0.312 e. The summed E-state index contributed by atoms with van der Waals surface area (Å²) in [5.41, 5.74) is 17.1. The van der Waals surface area contributed by atoms with Crippen molar-refractivity contribution in [1.82, 2.24) is 19.8 Å². The number of nitrogens with zero attached hydrogens (tertiary/aromatic N) is 2. The summed E-state index contributed by atoms with van der Waals surface area (Å²) in [6, 6.07) is 62.5. The highest BCUT2D eigenvalue weighted by molar-refractivity contribution is 6.23. The van der Waals surface area contributed by atoms with Crippen molar-refractivity contribution in [3.05, 3.63) is 193 Å². The average molecular weight is 662 g/mol. The molecule has 2 aromatic heterocycles. The second-order valence-electron chi connectivity index (χ2n) is 13.3. The van der Waals surface area contributed by atoms with Crippen molar-refractivity contribution in [2.75, 3.05) is 0 Å². The van der Waals surface area contributed by atoms with Gasteiger partial charge in [-0.3, -0.25) is 10.6 Å². The SMILES string of the molecule is CC(NC(NC(N)c1ccccc1)c1cccc(-n2c3ccccc3c3ccc4c5ccccc5n(-c5ccccc5)c4c32)c1)c1ccccc1. The zero-order chi connectivity index (χ0) is 34.3. The van der Waals surface area contributed by atoms with E-state index in [1.807, 2.05) is 18.2 Å².